The van der Waals surface area contributed by atoms with E-state index in [0.717, 1.165) is 4.47 Å². The number of halogens is 2. The Labute approximate surface area is 127 Å². The summed E-state index contributed by atoms with van der Waals surface area (Å²) in [6.07, 6.45) is 0.336. The molecule has 0 heterocycles. The summed E-state index contributed by atoms with van der Waals surface area (Å²) >= 11 is 9.30. The standard InChI is InChI=1S/C14H16BrClN2O/c1-10(2)9-18(7-3-6-17)14(19)11-4-5-12(15)13(16)8-11/h4-5,8,10H,3,7,9H2,1-2H3. The van der Waals surface area contributed by atoms with Gasteiger partial charge in [-0.2, -0.15) is 5.26 Å². The molecule has 1 aromatic carbocycles. The van der Waals surface area contributed by atoms with Crippen molar-refractivity contribution in [2.24, 2.45) is 5.92 Å². The van der Waals surface area contributed by atoms with E-state index in [1.165, 1.54) is 0 Å². The van der Waals surface area contributed by atoms with Gasteiger partial charge in [-0.25, -0.2) is 0 Å². The van der Waals surface area contributed by atoms with Gasteiger partial charge in [-0.1, -0.05) is 25.4 Å². The first-order valence-electron chi connectivity index (χ1n) is 6.07. The molecule has 1 rings (SSSR count). The highest BCUT2D eigenvalue weighted by atomic mass is 79.9. The molecule has 0 aliphatic carbocycles. The van der Waals surface area contributed by atoms with Crippen LogP contribution in [0.15, 0.2) is 22.7 Å². The van der Waals surface area contributed by atoms with Crippen molar-refractivity contribution in [2.75, 3.05) is 13.1 Å². The number of rotatable bonds is 5. The molecule has 0 aromatic heterocycles. The fourth-order valence-electron chi connectivity index (χ4n) is 1.71. The normalized spacial score (nSPS) is 10.3. The first-order valence-corrected chi connectivity index (χ1v) is 7.24. The van der Waals surface area contributed by atoms with Gasteiger partial charge in [0.25, 0.3) is 5.91 Å². The van der Waals surface area contributed by atoms with Crippen LogP contribution in [0, 0.1) is 17.2 Å². The number of hydrogen-bond donors (Lipinski definition) is 0. The molecule has 0 aliphatic heterocycles. The monoisotopic (exact) mass is 342 g/mol. The van der Waals surface area contributed by atoms with Crippen LogP contribution in [0.1, 0.15) is 30.6 Å². The van der Waals surface area contributed by atoms with E-state index >= 15 is 0 Å². The van der Waals surface area contributed by atoms with Crippen LogP contribution in [0.3, 0.4) is 0 Å². The van der Waals surface area contributed by atoms with Gasteiger partial charge in [0.2, 0.25) is 0 Å². The van der Waals surface area contributed by atoms with Crippen LogP contribution in [0.2, 0.25) is 5.02 Å². The average molecular weight is 344 g/mol. The van der Waals surface area contributed by atoms with Crippen molar-refractivity contribution in [1.29, 1.82) is 5.26 Å². The van der Waals surface area contributed by atoms with Crippen molar-refractivity contribution in [2.45, 2.75) is 20.3 Å². The number of nitriles is 1. The fourth-order valence-corrected chi connectivity index (χ4v) is 2.14. The zero-order valence-electron chi connectivity index (χ0n) is 11.0. The first kappa shape index (κ1) is 16.0. The lowest BCUT2D eigenvalue weighted by Gasteiger charge is -2.23. The summed E-state index contributed by atoms with van der Waals surface area (Å²) < 4.78 is 0.762. The minimum Gasteiger partial charge on any atom is -0.337 e. The number of amides is 1. The maximum absolute atomic E-state index is 12.4. The highest BCUT2D eigenvalue weighted by molar-refractivity contribution is 9.10. The number of benzene rings is 1. The lowest BCUT2D eigenvalue weighted by Crippen LogP contribution is -2.35. The lowest BCUT2D eigenvalue weighted by molar-refractivity contribution is 0.0740. The molecule has 0 fully saturated rings. The highest BCUT2D eigenvalue weighted by Gasteiger charge is 2.17. The second-order valence-corrected chi connectivity index (χ2v) is 5.94. The summed E-state index contributed by atoms with van der Waals surface area (Å²) in [5.74, 6) is 0.270. The van der Waals surface area contributed by atoms with Crippen molar-refractivity contribution < 1.29 is 4.79 Å². The Morgan fingerprint density at radius 3 is 2.74 bits per heavy atom. The third-order valence-electron chi connectivity index (χ3n) is 2.53. The van der Waals surface area contributed by atoms with Crippen LogP contribution in [0.25, 0.3) is 0 Å². The van der Waals surface area contributed by atoms with E-state index in [2.05, 4.69) is 22.0 Å². The molecule has 0 saturated heterocycles. The van der Waals surface area contributed by atoms with Crippen LogP contribution in [-0.2, 0) is 0 Å². The molecule has 0 atom stereocenters. The second-order valence-electron chi connectivity index (χ2n) is 4.68. The van der Waals surface area contributed by atoms with E-state index in [4.69, 9.17) is 16.9 Å². The van der Waals surface area contributed by atoms with Crippen molar-refractivity contribution >= 4 is 33.4 Å². The molecule has 1 aromatic rings. The van der Waals surface area contributed by atoms with Gasteiger partial charge in [-0.3, -0.25) is 4.79 Å². The molecule has 0 saturated carbocycles. The summed E-state index contributed by atoms with van der Waals surface area (Å²) in [7, 11) is 0. The lowest BCUT2D eigenvalue weighted by atomic mass is 10.1. The maximum atomic E-state index is 12.4. The molecule has 0 spiro atoms. The van der Waals surface area contributed by atoms with Gasteiger partial charge in [-0.05, 0) is 40.0 Å². The van der Waals surface area contributed by atoms with Gasteiger partial charge in [0.1, 0.15) is 0 Å². The van der Waals surface area contributed by atoms with Crippen LogP contribution < -0.4 is 0 Å². The van der Waals surface area contributed by atoms with Crippen LogP contribution in [-0.4, -0.2) is 23.9 Å². The molecule has 0 radical (unpaired) electrons. The van der Waals surface area contributed by atoms with Crippen LogP contribution >= 0.6 is 27.5 Å². The fraction of sp³-hybridized carbons (Fsp3) is 0.429. The molecule has 102 valence electrons. The van der Waals surface area contributed by atoms with E-state index in [0.29, 0.717) is 36.0 Å². The quantitative estimate of drug-likeness (QED) is 0.807. The summed E-state index contributed by atoms with van der Waals surface area (Å²) in [6.45, 7) is 5.16. The molecular weight excluding hydrogens is 328 g/mol. The Balaban J connectivity index is 2.91. The molecular formula is C14H16BrClN2O. The number of nitrogens with zero attached hydrogens (tertiary/aromatic N) is 2. The number of carbonyl (C=O) groups excluding carboxylic acids is 1. The van der Waals surface area contributed by atoms with Crippen molar-refractivity contribution in [3.8, 4) is 6.07 Å². The topological polar surface area (TPSA) is 44.1 Å². The Bertz CT molecular complexity index is 497. The minimum absolute atomic E-state index is 0.0849. The van der Waals surface area contributed by atoms with Gasteiger partial charge < -0.3 is 4.90 Å². The molecule has 3 nitrogen and oxygen atoms in total. The molecule has 0 aliphatic rings. The van der Waals surface area contributed by atoms with E-state index in [-0.39, 0.29) is 5.91 Å². The number of hydrogen-bond acceptors (Lipinski definition) is 2. The first-order chi connectivity index (χ1) is 8.95. The van der Waals surface area contributed by atoms with Crippen LogP contribution in [0.4, 0.5) is 0 Å². The largest absolute Gasteiger partial charge is 0.337 e. The summed E-state index contributed by atoms with van der Waals surface area (Å²) in [4.78, 5) is 14.1. The van der Waals surface area contributed by atoms with Gasteiger partial charge >= 0.3 is 0 Å². The third kappa shape index (κ3) is 4.85. The SMILES string of the molecule is CC(C)CN(CCC#N)C(=O)c1ccc(Br)c(Cl)c1. The maximum Gasteiger partial charge on any atom is 0.253 e. The van der Waals surface area contributed by atoms with E-state index in [1.807, 2.05) is 13.8 Å². The van der Waals surface area contributed by atoms with E-state index in [1.54, 1.807) is 23.1 Å². The molecule has 19 heavy (non-hydrogen) atoms. The Morgan fingerprint density at radius 1 is 1.53 bits per heavy atom. The van der Waals surface area contributed by atoms with Crippen molar-refractivity contribution in [1.82, 2.24) is 4.90 Å². The van der Waals surface area contributed by atoms with Crippen molar-refractivity contribution in [3.63, 3.8) is 0 Å². The summed E-state index contributed by atoms with van der Waals surface area (Å²) in [5.41, 5.74) is 0.548. The average Bonchev–Trinajstić information content (AvgIpc) is 2.36. The summed E-state index contributed by atoms with van der Waals surface area (Å²) in [6, 6.07) is 7.21. The third-order valence-corrected chi connectivity index (χ3v) is 3.77. The van der Waals surface area contributed by atoms with Gasteiger partial charge in [0.05, 0.1) is 17.5 Å². The Morgan fingerprint density at radius 2 is 2.21 bits per heavy atom. The minimum atomic E-state index is -0.0849. The molecule has 0 bridgehead atoms. The van der Waals surface area contributed by atoms with E-state index in [9.17, 15) is 4.79 Å². The zero-order chi connectivity index (χ0) is 14.4. The number of carbonyl (C=O) groups is 1. The van der Waals surface area contributed by atoms with Gasteiger partial charge in [0, 0.05) is 23.1 Å². The molecule has 1 amide bonds. The Kier molecular flexibility index (Phi) is 6.33. The summed E-state index contributed by atoms with van der Waals surface area (Å²) in [5, 5.41) is 9.18. The predicted octanol–water partition coefficient (Wildman–Crippen LogP) is 4.11. The highest BCUT2D eigenvalue weighted by Crippen LogP contribution is 2.24. The molecule has 0 N–H and O–H groups in total. The molecule has 5 heteroatoms. The second kappa shape index (κ2) is 7.52. The zero-order valence-corrected chi connectivity index (χ0v) is 13.3. The smallest absolute Gasteiger partial charge is 0.253 e. The van der Waals surface area contributed by atoms with Gasteiger partial charge in [-0.15, -0.1) is 0 Å². The predicted molar refractivity (Wildman–Crippen MR) is 80.1 cm³/mol. The molecule has 0 unspecified atom stereocenters. The Hall–Kier alpha value is -1.05. The van der Waals surface area contributed by atoms with E-state index < -0.39 is 0 Å². The van der Waals surface area contributed by atoms with Crippen molar-refractivity contribution in [3.05, 3.63) is 33.3 Å². The van der Waals surface area contributed by atoms with Crippen LogP contribution in [0.5, 0.6) is 0 Å². The van der Waals surface area contributed by atoms with Gasteiger partial charge in [0.15, 0.2) is 0 Å².